The first-order chi connectivity index (χ1) is 8.74. The molecule has 2 rings (SSSR count). The van der Waals surface area contributed by atoms with Gasteiger partial charge < -0.3 is 10.2 Å². The summed E-state index contributed by atoms with van der Waals surface area (Å²) in [5.74, 6) is 0.222. The third-order valence-corrected chi connectivity index (χ3v) is 3.62. The van der Waals surface area contributed by atoms with Crippen LogP contribution in [0.2, 0.25) is 0 Å². The molecule has 98 valence electrons. The van der Waals surface area contributed by atoms with Crippen molar-refractivity contribution in [2.45, 2.75) is 32.2 Å². The number of hydrogen-bond acceptors (Lipinski definition) is 2. The number of nitrogens with zero attached hydrogens (tertiary/aromatic N) is 1. The number of hydrogen-bond donors (Lipinski definition) is 1. The number of benzene rings is 1. The van der Waals surface area contributed by atoms with Gasteiger partial charge in [0.25, 0.3) is 0 Å². The molecule has 0 spiro atoms. The van der Waals surface area contributed by atoms with Crippen molar-refractivity contribution in [3.63, 3.8) is 0 Å². The molecule has 18 heavy (non-hydrogen) atoms. The molecule has 3 nitrogen and oxygen atoms in total. The zero-order valence-electron chi connectivity index (χ0n) is 11.3. The zero-order chi connectivity index (χ0) is 13.0. The van der Waals surface area contributed by atoms with Crippen LogP contribution in [0, 0.1) is 0 Å². The minimum atomic E-state index is -0.0168. The van der Waals surface area contributed by atoms with Gasteiger partial charge in [0.2, 0.25) is 5.91 Å². The monoisotopic (exact) mass is 246 g/mol. The summed E-state index contributed by atoms with van der Waals surface area (Å²) >= 11 is 0. The van der Waals surface area contributed by atoms with Gasteiger partial charge >= 0.3 is 0 Å². The Bertz CT molecular complexity index is 417. The first kappa shape index (κ1) is 13.1. The average Bonchev–Trinajstić information content (AvgIpc) is 2.43. The summed E-state index contributed by atoms with van der Waals surface area (Å²) in [7, 11) is 1.91. The second-order valence-corrected chi connectivity index (χ2v) is 5.00. The fourth-order valence-electron chi connectivity index (χ4n) is 2.49. The van der Waals surface area contributed by atoms with Crippen molar-refractivity contribution in [2.24, 2.45) is 0 Å². The molecule has 1 aliphatic rings. The topological polar surface area (TPSA) is 32.3 Å². The molecule has 0 aromatic heterocycles. The molecule has 0 fully saturated rings. The smallest absolute Gasteiger partial charge is 0.231 e. The van der Waals surface area contributed by atoms with E-state index in [-0.39, 0.29) is 11.8 Å². The van der Waals surface area contributed by atoms with Gasteiger partial charge in [-0.15, -0.1) is 0 Å². The maximum atomic E-state index is 12.5. The van der Waals surface area contributed by atoms with Crippen molar-refractivity contribution in [1.29, 1.82) is 0 Å². The first-order valence-electron chi connectivity index (χ1n) is 6.77. The molecule has 0 saturated carbocycles. The zero-order valence-corrected chi connectivity index (χ0v) is 11.3. The number of carbonyl (C=O) groups excluding carboxylic acids is 1. The van der Waals surface area contributed by atoms with Crippen LogP contribution in [0.3, 0.4) is 0 Å². The predicted octanol–water partition coefficient (Wildman–Crippen LogP) is 2.13. The van der Waals surface area contributed by atoms with Gasteiger partial charge in [-0.05, 0) is 17.5 Å². The van der Waals surface area contributed by atoms with Crippen molar-refractivity contribution in [1.82, 2.24) is 10.2 Å². The maximum Gasteiger partial charge on any atom is 0.231 e. The van der Waals surface area contributed by atoms with Gasteiger partial charge in [-0.1, -0.05) is 37.6 Å². The lowest BCUT2D eigenvalue weighted by atomic mass is 9.90. The van der Waals surface area contributed by atoms with Crippen LogP contribution >= 0.6 is 0 Å². The number of nitrogens with one attached hydrogen (secondary N) is 1. The molecule has 1 N–H and O–H groups in total. The fraction of sp³-hybridized carbons (Fsp3) is 0.533. The lowest BCUT2D eigenvalue weighted by Gasteiger charge is -2.29. The lowest BCUT2D eigenvalue weighted by Crippen LogP contribution is -2.40. The van der Waals surface area contributed by atoms with E-state index in [2.05, 4.69) is 24.4 Å². The second-order valence-electron chi connectivity index (χ2n) is 5.00. The van der Waals surface area contributed by atoms with E-state index in [1.54, 1.807) is 0 Å². The van der Waals surface area contributed by atoms with E-state index < -0.39 is 0 Å². The second kappa shape index (κ2) is 6.01. The van der Waals surface area contributed by atoms with E-state index in [1.165, 1.54) is 11.1 Å². The molecule has 1 amide bonds. The molecule has 1 aromatic rings. The third-order valence-electron chi connectivity index (χ3n) is 3.62. The Hall–Kier alpha value is -1.35. The molecule has 0 bridgehead atoms. The van der Waals surface area contributed by atoms with Crippen LogP contribution in [-0.2, 0) is 11.3 Å². The third kappa shape index (κ3) is 2.72. The average molecular weight is 246 g/mol. The van der Waals surface area contributed by atoms with Crippen LogP contribution in [0.15, 0.2) is 24.3 Å². The predicted molar refractivity (Wildman–Crippen MR) is 73.4 cm³/mol. The molecular weight excluding hydrogens is 224 g/mol. The number of fused-ring (bicyclic) bond motifs is 1. The summed E-state index contributed by atoms with van der Waals surface area (Å²) in [5, 5.41) is 3.34. The van der Waals surface area contributed by atoms with Crippen LogP contribution in [0.25, 0.3) is 0 Å². The van der Waals surface area contributed by atoms with Crippen LogP contribution < -0.4 is 5.32 Å². The molecule has 1 aliphatic heterocycles. The van der Waals surface area contributed by atoms with E-state index in [0.717, 1.165) is 32.5 Å². The first-order valence-corrected chi connectivity index (χ1v) is 6.77. The summed E-state index contributed by atoms with van der Waals surface area (Å²) in [6, 6.07) is 8.25. The van der Waals surface area contributed by atoms with Crippen molar-refractivity contribution in [3.8, 4) is 0 Å². The molecule has 1 atom stereocenters. The number of amides is 1. The molecule has 0 radical (unpaired) electrons. The van der Waals surface area contributed by atoms with Gasteiger partial charge in [0.05, 0.1) is 5.92 Å². The fourth-order valence-corrected chi connectivity index (χ4v) is 2.49. The summed E-state index contributed by atoms with van der Waals surface area (Å²) in [6.07, 6.45) is 2.20. The number of unbranched alkanes of at least 4 members (excludes halogenated alkanes) is 1. The summed E-state index contributed by atoms with van der Waals surface area (Å²) in [4.78, 5) is 14.3. The molecule has 0 saturated heterocycles. The van der Waals surface area contributed by atoms with Gasteiger partial charge in [-0.2, -0.15) is 0 Å². The van der Waals surface area contributed by atoms with Crippen LogP contribution in [0.5, 0.6) is 0 Å². The Labute approximate surface area is 109 Å². The minimum absolute atomic E-state index is 0.0168. The normalized spacial score (nSPS) is 18.2. The standard InChI is InChI=1S/C15H22N2O/c1-3-4-9-17(2)15(18)14-11-16-10-12-7-5-6-8-13(12)14/h5-8,14,16H,3-4,9-11H2,1-2H3. The van der Waals surface area contributed by atoms with Crippen molar-refractivity contribution >= 4 is 5.91 Å². The lowest BCUT2D eigenvalue weighted by molar-refractivity contribution is -0.131. The highest BCUT2D eigenvalue weighted by atomic mass is 16.2. The van der Waals surface area contributed by atoms with Gasteiger partial charge in [0.1, 0.15) is 0 Å². The Morgan fingerprint density at radius 2 is 2.22 bits per heavy atom. The van der Waals surface area contributed by atoms with E-state index in [1.807, 2.05) is 24.1 Å². The Kier molecular flexibility index (Phi) is 4.37. The van der Waals surface area contributed by atoms with Crippen molar-refractivity contribution in [2.75, 3.05) is 20.1 Å². The highest BCUT2D eigenvalue weighted by Gasteiger charge is 2.27. The van der Waals surface area contributed by atoms with E-state index in [4.69, 9.17) is 0 Å². The van der Waals surface area contributed by atoms with Crippen LogP contribution in [0.1, 0.15) is 36.8 Å². The highest BCUT2D eigenvalue weighted by molar-refractivity contribution is 5.84. The van der Waals surface area contributed by atoms with Crippen molar-refractivity contribution in [3.05, 3.63) is 35.4 Å². The minimum Gasteiger partial charge on any atom is -0.345 e. The van der Waals surface area contributed by atoms with Crippen LogP contribution in [0.4, 0.5) is 0 Å². The highest BCUT2D eigenvalue weighted by Crippen LogP contribution is 2.25. The number of rotatable bonds is 4. The summed E-state index contributed by atoms with van der Waals surface area (Å²) in [6.45, 7) is 4.63. The van der Waals surface area contributed by atoms with Gasteiger partial charge in [-0.3, -0.25) is 4.79 Å². The summed E-state index contributed by atoms with van der Waals surface area (Å²) < 4.78 is 0. The molecule has 1 aromatic carbocycles. The van der Waals surface area contributed by atoms with Crippen LogP contribution in [-0.4, -0.2) is 30.9 Å². The molecule has 1 unspecified atom stereocenters. The Morgan fingerprint density at radius 3 is 3.00 bits per heavy atom. The quantitative estimate of drug-likeness (QED) is 0.882. The van der Waals surface area contributed by atoms with E-state index >= 15 is 0 Å². The largest absolute Gasteiger partial charge is 0.345 e. The maximum absolute atomic E-state index is 12.5. The van der Waals surface area contributed by atoms with E-state index in [0.29, 0.717) is 0 Å². The number of likely N-dealkylation sites (N-methyl/N-ethyl adjacent to an activating group) is 1. The van der Waals surface area contributed by atoms with Crippen molar-refractivity contribution < 1.29 is 4.79 Å². The Balaban J connectivity index is 2.12. The van der Waals surface area contributed by atoms with Gasteiger partial charge in [-0.25, -0.2) is 0 Å². The molecule has 0 aliphatic carbocycles. The molecule has 1 heterocycles. The molecule has 3 heteroatoms. The Morgan fingerprint density at radius 1 is 1.44 bits per heavy atom. The SMILES string of the molecule is CCCCN(C)C(=O)C1CNCc2ccccc21. The number of carbonyl (C=O) groups is 1. The van der Waals surface area contributed by atoms with E-state index in [9.17, 15) is 4.79 Å². The van der Waals surface area contributed by atoms with Gasteiger partial charge in [0, 0.05) is 26.7 Å². The molecular formula is C15H22N2O. The summed E-state index contributed by atoms with van der Waals surface area (Å²) in [5.41, 5.74) is 2.45. The van der Waals surface area contributed by atoms with Gasteiger partial charge in [0.15, 0.2) is 0 Å².